The Hall–Kier alpha value is -2.80. The van der Waals surface area contributed by atoms with E-state index in [1.54, 1.807) is 30.3 Å². The van der Waals surface area contributed by atoms with E-state index >= 15 is 0 Å². The number of amides is 1. The molecule has 0 unspecified atom stereocenters. The number of nitrogens with two attached hydrogens (primary N) is 2. The lowest BCUT2D eigenvalue weighted by atomic mass is 9.93. The molecular weight excluding hydrogens is 290 g/mol. The molecule has 0 aromatic heterocycles. The summed E-state index contributed by atoms with van der Waals surface area (Å²) in [5.74, 6) is -0.745. The van der Waals surface area contributed by atoms with E-state index < -0.39 is 10.8 Å². The maximum absolute atomic E-state index is 11.5. The van der Waals surface area contributed by atoms with E-state index in [4.69, 9.17) is 23.7 Å². The van der Waals surface area contributed by atoms with E-state index in [0.717, 1.165) is 0 Å². The van der Waals surface area contributed by atoms with E-state index in [1.807, 2.05) is 0 Å². The summed E-state index contributed by atoms with van der Waals surface area (Å²) < 4.78 is 0. The number of nitrogens with zero attached hydrogens (tertiary/aromatic N) is 1. The normalized spacial score (nSPS) is 10.1. The molecule has 7 heteroatoms. The van der Waals surface area contributed by atoms with Gasteiger partial charge < -0.3 is 11.5 Å². The second-order valence-electron chi connectivity index (χ2n) is 4.23. The first-order valence-corrected chi connectivity index (χ1v) is 6.30. The Morgan fingerprint density at radius 2 is 1.71 bits per heavy atom. The van der Waals surface area contributed by atoms with Crippen molar-refractivity contribution in [2.45, 2.75) is 0 Å². The summed E-state index contributed by atoms with van der Waals surface area (Å²) in [6, 6.07) is 11.1. The predicted octanol–water partition coefficient (Wildman–Crippen LogP) is 1.99. The third-order valence-electron chi connectivity index (χ3n) is 2.95. The molecule has 6 nitrogen and oxygen atoms in total. The molecule has 0 fully saturated rings. The van der Waals surface area contributed by atoms with Crippen molar-refractivity contribution in [2.24, 2.45) is 11.5 Å². The Kier molecular flexibility index (Phi) is 3.95. The average Bonchev–Trinajstić information content (AvgIpc) is 2.46. The summed E-state index contributed by atoms with van der Waals surface area (Å²) in [6.45, 7) is 0. The van der Waals surface area contributed by atoms with Crippen molar-refractivity contribution < 1.29 is 9.72 Å². The van der Waals surface area contributed by atoms with Gasteiger partial charge in [-0.2, -0.15) is 0 Å². The summed E-state index contributed by atoms with van der Waals surface area (Å²) in [7, 11) is 0. The fourth-order valence-corrected chi connectivity index (χ4v) is 2.31. The minimum Gasteiger partial charge on any atom is -0.389 e. The Bertz CT molecular complexity index is 745. The molecule has 4 N–H and O–H groups in total. The highest BCUT2D eigenvalue weighted by atomic mass is 32.1. The zero-order chi connectivity index (χ0) is 15.6. The molecule has 0 aliphatic carbocycles. The molecular formula is C14H11N3O3S. The Balaban J connectivity index is 2.92. The summed E-state index contributed by atoms with van der Waals surface area (Å²) >= 11 is 4.95. The van der Waals surface area contributed by atoms with Gasteiger partial charge in [-0.25, -0.2) is 0 Å². The molecule has 0 saturated heterocycles. The first kappa shape index (κ1) is 14.6. The molecule has 106 valence electrons. The van der Waals surface area contributed by atoms with Gasteiger partial charge in [0.15, 0.2) is 0 Å². The minimum absolute atomic E-state index is 0.0620. The molecule has 0 aliphatic rings. The van der Waals surface area contributed by atoms with Gasteiger partial charge in [0.05, 0.1) is 16.1 Å². The second-order valence-corrected chi connectivity index (χ2v) is 4.67. The van der Waals surface area contributed by atoms with Crippen LogP contribution in [0.2, 0.25) is 0 Å². The highest BCUT2D eigenvalue weighted by Gasteiger charge is 2.25. The average molecular weight is 301 g/mol. The van der Waals surface area contributed by atoms with Gasteiger partial charge >= 0.3 is 0 Å². The number of hydrogen-bond acceptors (Lipinski definition) is 4. The third-order valence-corrected chi connectivity index (χ3v) is 3.16. The fraction of sp³-hybridized carbons (Fsp3) is 0. The largest absolute Gasteiger partial charge is 0.389 e. The van der Waals surface area contributed by atoms with Crippen LogP contribution >= 0.6 is 12.2 Å². The maximum atomic E-state index is 11.5. The van der Waals surface area contributed by atoms with Gasteiger partial charge in [-0.15, -0.1) is 0 Å². The van der Waals surface area contributed by atoms with Crippen LogP contribution in [0.15, 0.2) is 42.5 Å². The lowest BCUT2D eigenvalue weighted by Crippen LogP contribution is -2.21. The number of primary amides is 1. The first-order chi connectivity index (χ1) is 9.93. The molecule has 0 atom stereocenters. The number of benzene rings is 2. The smallest absolute Gasteiger partial charge is 0.277 e. The van der Waals surface area contributed by atoms with Crippen LogP contribution in [0.3, 0.4) is 0 Å². The molecule has 2 rings (SSSR count). The van der Waals surface area contributed by atoms with Crippen LogP contribution in [-0.4, -0.2) is 15.8 Å². The number of carbonyl (C=O) groups excluding carboxylic acids is 1. The van der Waals surface area contributed by atoms with Gasteiger partial charge in [0.1, 0.15) is 4.99 Å². The second kappa shape index (κ2) is 5.68. The zero-order valence-electron chi connectivity index (χ0n) is 10.8. The highest BCUT2D eigenvalue weighted by Crippen LogP contribution is 2.35. The summed E-state index contributed by atoms with van der Waals surface area (Å²) in [4.78, 5) is 22.1. The Labute approximate surface area is 125 Å². The molecule has 2 aromatic carbocycles. The van der Waals surface area contributed by atoms with Crippen LogP contribution in [0, 0.1) is 10.1 Å². The third kappa shape index (κ3) is 2.72. The van der Waals surface area contributed by atoms with Crippen LogP contribution in [0.5, 0.6) is 0 Å². The van der Waals surface area contributed by atoms with Gasteiger partial charge in [-0.3, -0.25) is 14.9 Å². The van der Waals surface area contributed by atoms with Crippen molar-refractivity contribution in [3.63, 3.8) is 0 Å². The van der Waals surface area contributed by atoms with Crippen LogP contribution in [0.25, 0.3) is 11.1 Å². The van der Waals surface area contributed by atoms with Crippen molar-refractivity contribution in [1.82, 2.24) is 0 Å². The zero-order valence-corrected chi connectivity index (χ0v) is 11.6. The molecule has 0 spiro atoms. The SMILES string of the molecule is NC(=O)c1ccc([N+](=O)[O-])c(-c2ccccc2)c1C(N)=S. The van der Waals surface area contributed by atoms with E-state index in [-0.39, 0.29) is 27.4 Å². The fourth-order valence-electron chi connectivity index (χ4n) is 2.10. The standard InChI is InChI=1S/C14H11N3O3S/c15-13(18)9-6-7-10(17(19)20)11(12(9)14(16)21)8-4-2-1-3-5-8/h1-7H,(H2,15,18)(H2,16,21). The lowest BCUT2D eigenvalue weighted by Gasteiger charge is -2.12. The van der Waals surface area contributed by atoms with Crippen molar-refractivity contribution >= 4 is 28.8 Å². The molecule has 0 heterocycles. The number of thiocarbonyl (C=S) groups is 1. The van der Waals surface area contributed by atoms with Gasteiger partial charge in [0, 0.05) is 11.6 Å². The Morgan fingerprint density at radius 1 is 1.10 bits per heavy atom. The molecule has 0 aliphatic heterocycles. The molecule has 0 radical (unpaired) electrons. The van der Waals surface area contributed by atoms with E-state index in [1.165, 1.54) is 12.1 Å². The van der Waals surface area contributed by atoms with Crippen LogP contribution in [0.1, 0.15) is 15.9 Å². The number of nitro benzene ring substituents is 1. The van der Waals surface area contributed by atoms with E-state index in [9.17, 15) is 14.9 Å². The maximum Gasteiger partial charge on any atom is 0.277 e. The van der Waals surface area contributed by atoms with Crippen molar-refractivity contribution in [3.05, 3.63) is 63.7 Å². The summed E-state index contributed by atoms with van der Waals surface area (Å²) in [6.07, 6.45) is 0. The number of carbonyl (C=O) groups is 1. The van der Waals surface area contributed by atoms with Crippen LogP contribution in [0.4, 0.5) is 5.69 Å². The summed E-state index contributed by atoms with van der Waals surface area (Å²) in [5, 5.41) is 11.3. The van der Waals surface area contributed by atoms with Crippen molar-refractivity contribution in [3.8, 4) is 11.1 Å². The number of rotatable bonds is 4. The first-order valence-electron chi connectivity index (χ1n) is 5.90. The molecule has 0 bridgehead atoms. The number of nitro groups is 1. The van der Waals surface area contributed by atoms with Crippen LogP contribution in [-0.2, 0) is 0 Å². The van der Waals surface area contributed by atoms with E-state index in [2.05, 4.69) is 0 Å². The lowest BCUT2D eigenvalue weighted by molar-refractivity contribution is -0.384. The highest BCUT2D eigenvalue weighted by molar-refractivity contribution is 7.80. The number of hydrogen-bond donors (Lipinski definition) is 2. The van der Waals surface area contributed by atoms with Gasteiger partial charge in [0.2, 0.25) is 5.91 Å². The van der Waals surface area contributed by atoms with Crippen LogP contribution < -0.4 is 11.5 Å². The minimum atomic E-state index is -0.745. The van der Waals surface area contributed by atoms with Crippen molar-refractivity contribution in [2.75, 3.05) is 0 Å². The monoisotopic (exact) mass is 301 g/mol. The molecule has 2 aromatic rings. The van der Waals surface area contributed by atoms with E-state index in [0.29, 0.717) is 5.56 Å². The molecule has 1 amide bonds. The van der Waals surface area contributed by atoms with Gasteiger partial charge in [-0.05, 0) is 11.6 Å². The van der Waals surface area contributed by atoms with Gasteiger partial charge in [-0.1, -0.05) is 42.5 Å². The molecule has 0 saturated carbocycles. The quantitative estimate of drug-likeness (QED) is 0.509. The Morgan fingerprint density at radius 3 is 2.19 bits per heavy atom. The topological polar surface area (TPSA) is 112 Å². The summed E-state index contributed by atoms with van der Waals surface area (Å²) in [5.41, 5.74) is 11.7. The predicted molar refractivity (Wildman–Crippen MR) is 82.9 cm³/mol. The van der Waals surface area contributed by atoms with Gasteiger partial charge in [0.25, 0.3) is 5.69 Å². The van der Waals surface area contributed by atoms with Crippen molar-refractivity contribution in [1.29, 1.82) is 0 Å². The molecule has 21 heavy (non-hydrogen) atoms.